The molecular formula is C11H17BrIN3S2. The van der Waals surface area contributed by atoms with Gasteiger partial charge in [0, 0.05) is 42.4 Å². The van der Waals surface area contributed by atoms with Crippen LogP contribution in [0.5, 0.6) is 0 Å². The number of nitrogens with zero attached hydrogens (tertiary/aromatic N) is 2. The summed E-state index contributed by atoms with van der Waals surface area (Å²) in [5, 5.41) is 0. The molecule has 1 saturated heterocycles. The van der Waals surface area contributed by atoms with E-state index in [0.717, 1.165) is 37.6 Å². The molecule has 0 aliphatic carbocycles. The summed E-state index contributed by atoms with van der Waals surface area (Å²) >= 11 is 7.21. The molecule has 1 aliphatic heterocycles. The molecule has 102 valence electrons. The molecule has 0 aromatic carbocycles. The first-order chi connectivity index (χ1) is 8.25. The summed E-state index contributed by atoms with van der Waals surface area (Å²) in [4.78, 5) is 7.99. The monoisotopic (exact) mass is 461 g/mol. The lowest BCUT2D eigenvalue weighted by Gasteiger charge is -2.27. The van der Waals surface area contributed by atoms with E-state index < -0.39 is 0 Å². The van der Waals surface area contributed by atoms with Gasteiger partial charge in [-0.2, -0.15) is 11.8 Å². The summed E-state index contributed by atoms with van der Waals surface area (Å²) in [6, 6.07) is 4.22. The van der Waals surface area contributed by atoms with Crippen molar-refractivity contribution in [3.8, 4) is 0 Å². The number of hydrogen-bond donors (Lipinski definition) is 1. The second-order valence-corrected chi connectivity index (χ2v) is 7.57. The molecule has 2 N–H and O–H groups in total. The van der Waals surface area contributed by atoms with Gasteiger partial charge in [-0.25, -0.2) is 0 Å². The first kappa shape index (κ1) is 16.6. The van der Waals surface area contributed by atoms with E-state index in [1.165, 1.54) is 8.66 Å². The Morgan fingerprint density at radius 2 is 2.11 bits per heavy atom. The van der Waals surface area contributed by atoms with Crippen LogP contribution in [0.1, 0.15) is 4.88 Å². The average Bonchev–Trinajstić information content (AvgIpc) is 2.76. The molecule has 0 amide bonds. The molecule has 0 saturated carbocycles. The van der Waals surface area contributed by atoms with Gasteiger partial charge in [0.1, 0.15) is 0 Å². The van der Waals surface area contributed by atoms with Crippen molar-refractivity contribution in [3.63, 3.8) is 0 Å². The quantitative estimate of drug-likeness (QED) is 0.427. The van der Waals surface area contributed by atoms with E-state index in [1.807, 2.05) is 11.8 Å². The minimum atomic E-state index is 0. The highest BCUT2D eigenvalue weighted by Crippen LogP contribution is 2.22. The van der Waals surface area contributed by atoms with Crippen molar-refractivity contribution in [2.75, 3.05) is 31.1 Å². The SMILES string of the molecule is I.NC(=NCCc1ccc(Br)s1)N1CCSCC1. The molecule has 3 nitrogen and oxygen atoms in total. The third-order valence-electron chi connectivity index (χ3n) is 2.60. The summed E-state index contributed by atoms with van der Waals surface area (Å²) in [5.74, 6) is 3.03. The number of halogens is 2. The van der Waals surface area contributed by atoms with Crippen LogP contribution in [0.2, 0.25) is 0 Å². The van der Waals surface area contributed by atoms with Gasteiger partial charge in [0.2, 0.25) is 0 Å². The van der Waals surface area contributed by atoms with E-state index in [4.69, 9.17) is 5.73 Å². The molecule has 1 aromatic rings. The van der Waals surface area contributed by atoms with Crippen LogP contribution in [-0.4, -0.2) is 42.0 Å². The van der Waals surface area contributed by atoms with Crippen molar-refractivity contribution in [2.24, 2.45) is 10.7 Å². The molecule has 18 heavy (non-hydrogen) atoms. The van der Waals surface area contributed by atoms with E-state index >= 15 is 0 Å². The largest absolute Gasteiger partial charge is 0.370 e. The van der Waals surface area contributed by atoms with Crippen molar-refractivity contribution < 1.29 is 0 Å². The zero-order valence-corrected chi connectivity index (χ0v) is 15.5. The van der Waals surface area contributed by atoms with Crippen LogP contribution in [0.3, 0.4) is 0 Å². The van der Waals surface area contributed by atoms with Gasteiger partial charge in [-0.15, -0.1) is 35.3 Å². The van der Waals surface area contributed by atoms with Crippen molar-refractivity contribution in [1.29, 1.82) is 0 Å². The molecule has 1 aliphatic rings. The maximum atomic E-state index is 5.98. The Balaban J connectivity index is 0.00000162. The van der Waals surface area contributed by atoms with E-state index in [-0.39, 0.29) is 24.0 Å². The highest BCUT2D eigenvalue weighted by molar-refractivity contribution is 14.0. The van der Waals surface area contributed by atoms with Gasteiger partial charge < -0.3 is 10.6 Å². The normalized spacial score (nSPS) is 16.5. The highest BCUT2D eigenvalue weighted by Gasteiger charge is 2.11. The Kier molecular flexibility index (Phi) is 7.97. The predicted molar refractivity (Wildman–Crippen MR) is 96.5 cm³/mol. The molecule has 0 atom stereocenters. The van der Waals surface area contributed by atoms with Crippen LogP contribution in [0.25, 0.3) is 0 Å². The fourth-order valence-corrected chi connectivity index (χ4v) is 4.03. The minimum Gasteiger partial charge on any atom is -0.370 e. The van der Waals surface area contributed by atoms with E-state index in [1.54, 1.807) is 11.3 Å². The average molecular weight is 462 g/mol. The number of nitrogens with two attached hydrogens (primary N) is 1. The molecule has 0 bridgehead atoms. The second-order valence-electron chi connectivity index (χ2n) is 3.80. The van der Waals surface area contributed by atoms with E-state index in [9.17, 15) is 0 Å². The third kappa shape index (κ3) is 5.26. The van der Waals surface area contributed by atoms with Crippen LogP contribution in [0.15, 0.2) is 20.9 Å². The predicted octanol–water partition coefficient (Wildman–Crippen LogP) is 3.03. The van der Waals surface area contributed by atoms with Gasteiger partial charge in [0.15, 0.2) is 5.96 Å². The molecule has 0 spiro atoms. The van der Waals surface area contributed by atoms with Crippen molar-refractivity contribution >= 4 is 69.0 Å². The van der Waals surface area contributed by atoms with Gasteiger partial charge in [-0.05, 0) is 28.1 Å². The molecular weight excluding hydrogens is 445 g/mol. The Hall–Kier alpha value is 0.530. The first-order valence-corrected chi connectivity index (χ1v) is 8.39. The lowest BCUT2D eigenvalue weighted by atomic mass is 10.3. The fourth-order valence-electron chi connectivity index (χ4n) is 1.66. The summed E-state index contributed by atoms with van der Waals surface area (Å²) < 4.78 is 1.18. The Labute approximate surface area is 142 Å². The molecule has 7 heteroatoms. The van der Waals surface area contributed by atoms with Crippen LogP contribution >= 0.6 is 63.0 Å². The number of hydrogen-bond acceptors (Lipinski definition) is 3. The number of thioether (sulfide) groups is 1. The molecule has 1 fully saturated rings. The maximum absolute atomic E-state index is 5.98. The second kappa shape index (κ2) is 8.65. The first-order valence-electron chi connectivity index (χ1n) is 5.62. The van der Waals surface area contributed by atoms with Gasteiger partial charge in [-0.1, -0.05) is 0 Å². The van der Waals surface area contributed by atoms with Crippen LogP contribution < -0.4 is 5.73 Å². The summed E-state index contributed by atoms with van der Waals surface area (Å²) in [5.41, 5.74) is 5.98. The molecule has 2 rings (SSSR count). The van der Waals surface area contributed by atoms with Crippen molar-refractivity contribution in [2.45, 2.75) is 6.42 Å². The summed E-state index contributed by atoms with van der Waals surface area (Å²) in [6.45, 7) is 2.84. The Morgan fingerprint density at radius 3 is 2.72 bits per heavy atom. The zero-order valence-electron chi connectivity index (χ0n) is 9.97. The van der Waals surface area contributed by atoms with Crippen LogP contribution in [0, 0.1) is 0 Å². The van der Waals surface area contributed by atoms with E-state index in [0.29, 0.717) is 5.96 Å². The number of guanidine groups is 1. The van der Waals surface area contributed by atoms with Crippen molar-refractivity contribution in [1.82, 2.24) is 4.90 Å². The van der Waals surface area contributed by atoms with Gasteiger partial charge in [0.05, 0.1) is 3.79 Å². The fraction of sp³-hybridized carbons (Fsp3) is 0.545. The van der Waals surface area contributed by atoms with Gasteiger partial charge in [-0.3, -0.25) is 4.99 Å². The lowest BCUT2D eigenvalue weighted by molar-refractivity contribution is 0.456. The van der Waals surface area contributed by atoms with Crippen LogP contribution in [0.4, 0.5) is 0 Å². The molecule has 2 heterocycles. The number of rotatable bonds is 3. The summed E-state index contributed by atoms with van der Waals surface area (Å²) in [7, 11) is 0. The van der Waals surface area contributed by atoms with Gasteiger partial charge in [0.25, 0.3) is 0 Å². The topological polar surface area (TPSA) is 41.6 Å². The Bertz CT molecular complexity index is 391. The van der Waals surface area contributed by atoms with Crippen LogP contribution in [-0.2, 0) is 6.42 Å². The number of aliphatic imine (C=N–C) groups is 1. The molecule has 0 unspecified atom stereocenters. The third-order valence-corrected chi connectivity index (χ3v) is 5.22. The van der Waals surface area contributed by atoms with Crippen molar-refractivity contribution in [3.05, 3.63) is 20.8 Å². The summed E-state index contributed by atoms with van der Waals surface area (Å²) in [6.07, 6.45) is 0.972. The lowest BCUT2D eigenvalue weighted by Crippen LogP contribution is -2.42. The Morgan fingerprint density at radius 1 is 1.39 bits per heavy atom. The molecule has 1 aromatic heterocycles. The van der Waals surface area contributed by atoms with E-state index in [2.05, 4.69) is 38.0 Å². The zero-order chi connectivity index (χ0) is 12.1. The number of thiophene rings is 1. The van der Waals surface area contributed by atoms with Gasteiger partial charge >= 0.3 is 0 Å². The standard InChI is InChI=1S/C11H16BrN3S2.HI/c12-10-2-1-9(17-10)3-4-14-11(13)15-5-7-16-8-6-15;/h1-2H,3-8H2,(H2,13,14);1H. The minimum absolute atomic E-state index is 0. The maximum Gasteiger partial charge on any atom is 0.191 e. The molecule has 0 radical (unpaired) electrons. The highest BCUT2D eigenvalue weighted by atomic mass is 127. The smallest absolute Gasteiger partial charge is 0.191 e.